The summed E-state index contributed by atoms with van der Waals surface area (Å²) in [4.78, 5) is 14.7. The van der Waals surface area contributed by atoms with E-state index in [0.717, 1.165) is 91.2 Å². The van der Waals surface area contributed by atoms with E-state index in [1.54, 1.807) is 0 Å². The Balaban J connectivity index is 0.00000272. The minimum atomic E-state index is 0. The van der Waals surface area contributed by atoms with Crippen molar-refractivity contribution in [3.8, 4) is 0 Å². The standard InChI is InChI=1S/C23H38N6O.HI/c1-24-23(29-9-7-22(20-29)28-15-17-30-18-16-28)25-8-10-26-11-13-27(14-12-26)19-21-5-3-2-4-6-21;/h2-6,22H,7-20H2,1H3,(H,24,25);1H. The van der Waals surface area contributed by atoms with Gasteiger partial charge in [-0.15, -0.1) is 24.0 Å². The largest absolute Gasteiger partial charge is 0.379 e. The van der Waals surface area contributed by atoms with Crippen molar-refractivity contribution in [1.82, 2.24) is 24.9 Å². The fourth-order valence-electron chi connectivity index (χ4n) is 4.85. The fourth-order valence-corrected chi connectivity index (χ4v) is 4.85. The van der Waals surface area contributed by atoms with Crippen molar-refractivity contribution in [2.24, 2.45) is 4.99 Å². The van der Waals surface area contributed by atoms with Gasteiger partial charge >= 0.3 is 0 Å². The van der Waals surface area contributed by atoms with Crippen LogP contribution in [-0.4, -0.2) is 117 Å². The molecule has 1 unspecified atom stereocenters. The highest BCUT2D eigenvalue weighted by Crippen LogP contribution is 2.17. The second kappa shape index (κ2) is 12.9. The topological polar surface area (TPSA) is 46.6 Å². The lowest BCUT2D eigenvalue weighted by atomic mass is 10.2. The summed E-state index contributed by atoms with van der Waals surface area (Å²) in [5, 5.41) is 3.61. The summed E-state index contributed by atoms with van der Waals surface area (Å²) in [6, 6.07) is 11.5. The van der Waals surface area contributed by atoms with Crippen molar-refractivity contribution in [3.63, 3.8) is 0 Å². The normalized spacial score (nSPS) is 24.2. The van der Waals surface area contributed by atoms with Gasteiger partial charge < -0.3 is 15.0 Å². The summed E-state index contributed by atoms with van der Waals surface area (Å²) in [5.74, 6) is 1.06. The Morgan fingerprint density at radius 3 is 2.42 bits per heavy atom. The van der Waals surface area contributed by atoms with E-state index >= 15 is 0 Å². The molecule has 1 aromatic carbocycles. The molecule has 31 heavy (non-hydrogen) atoms. The van der Waals surface area contributed by atoms with Gasteiger partial charge in [0.25, 0.3) is 0 Å². The van der Waals surface area contributed by atoms with Crippen molar-refractivity contribution in [3.05, 3.63) is 35.9 Å². The Kier molecular flexibility index (Phi) is 10.3. The first-order chi connectivity index (χ1) is 14.8. The zero-order chi connectivity index (χ0) is 20.6. The number of benzene rings is 1. The first kappa shape index (κ1) is 24.7. The van der Waals surface area contributed by atoms with Crippen LogP contribution in [0.15, 0.2) is 35.3 Å². The van der Waals surface area contributed by atoms with Crippen LogP contribution in [0.25, 0.3) is 0 Å². The second-order valence-electron chi connectivity index (χ2n) is 8.61. The van der Waals surface area contributed by atoms with Crippen LogP contribution in [0.2, 0.25) is 0 Å². The summed E-state index contributed by atoms with van der Waals surface area (Å²) >= 11 is 0. The molecule has 8 heteroatoms. The third-order valence-electron chi connectivity index (χ3n) is 6.66. The van der Waals surface area contributed by atoms with Crippen LogP contribution in [0.5, 0.6) is 0 Å². The molecular formula is C23H39IN6O. The van der Waals surface area contributed by atoms with Gasteiger partial charge in [0.05, 0.1) is 13.2 Å². The number of hydrogen-bond donors (Lipinski definition) is 1. The van der Waals surface area contributed by atoms with E-state index in [2.05, 4.69) is 60.2 Å². The second-order valence-corrected chi connectivity index (χ2v) is 8.61. The van der Waals surface area contributed by atoms with E-state index in [4.69, 9.17) is 4.74 Å². The number of guanidine groups is 1. The van der Waals surface area contributed by atoms with Gasteiger partial charge in [-0.1, -0.05) is 30.3 Å². The molecule has 3 heterocycles. The molecule has 4 rings (SSSR count). The van der Waals surface area contributed by atoms with Crippen molar-refractivity contribution < 1.29 is 4.74 Å². The van der Waals surface area contributed by atoms with E-state index in [1.165, 1.54) is 12.0 Å². The number of likely N-dealkylation sites (tertiary alicyclic amines) is 1. The van der Waals surface area contributed by atoms with Gasteiger partial charge in [-0.05, 0) is 12.0 Å². The SMILES string of the molecule is CN=C(NCCN1CCN(Cc2ccccc2)CC1)N1CCC(N2CCOCC2)C1.I. The first-order valence-corrected chi connectivity index (χ1v) is 11.6. The molecule has 1 atom stereocenters. The molecule has 3 aliphatic heterocycles. The van der Waals surface area contributed by atoms with E-state index in [9.17, 15) is 0 Å². The van der Waals surface area contributed by atoms with Crippen LogP contribution in [0, 0.1) is 0 Å². The van der Waals surface area contributed by atoms with Gasteiger partial charge in [-0.25, -0.2) is 0 Å². The molecule has 7 nitrogen and oxygen atoms in total. The first-order valence-electron chi connectivity index (χ1n) is 11.6. The molecule has 0 spiro atoms. The molecule has 0 bridgehead atoms. The van der Waals surface area contributed by atoms with E-state index < -0.39 is 0 Å². The predicted octanol–water partition coefficient (Wildman–Crippen LogP) is 1.40. The van der Waals surface area contributed by atoms with Gasteiger partial charge in [-0.2, -0.15) is 0 Å². The number of morpholine rings is 1. The third kappa shape index (κ3) is 7.28. The highest BCUT2D eigenvalue weighted by Gasteiger charge is 2.30. The predicted molar refractivity (Wildman–Crippen MR) is 137 cm³/mol. The van der Waals surface area contributed by atoms with Crippen LogP contribution >= 0.6 is 24.0 Å². The van der Waals surface area contributed by atoms with Gasteiger partial charge in [-0.3, -0.25) is 19.7 Å². The van der Waals surface area contributed by atoms with Crippen LogP contribution in [0.4, 0.5) is 0 Å². The smallest absolute Gasteiger partial charge is 0.193 e. The lowest BCUT2D eigenvalue weighted by Crippen LogP contribution is -2.50. The number of nitrogens with one attached hydrogen (secondary N) is 1. The molecule has 3 saturated heterocycles. The number of ether oxygens (including phenoxy) is 1. The van der Waals surface area contributed by atoms with Gasteiger partial charge in [0.15, 0.2) is 5.96 Å². The van der Waals surface area contributed by atoms with Crippen LogP contribution in [-0.2, 0) is 11.3 Å². The Morgan fingerprint density at radius 1 is 1.00 bits per heavy atom. The van der Waals surface area contributed by atoms with Crippen LogP contribution < -0.4 is 5.32 Å². The number of piperazine rings is 1. The van der Waals surface area contributed by atoms with E-state index in [-0.39, 0.29) is 24.0 Å². The molecule has 0 amide bonds. The molecule has 0 aromatic heterocycles. The minimum Gasteiger partial charge on any atom is -0.379 e. The zero-order valence-corrected chi connectivity index (χ0v) is 21.2. The van der Waals surface area contributed by atoms with E-state index in [1.807, 2.05) is 7.05 Å². The summed E-state index contributed by atoms with van der Waals surface area (Å²) in [6.45, 7) is 13.8. The molecule has 3 aliphatic rings. The molecule has 174 valence electrons. The number of aliphatic imine (C=N–C) groups is 1. The molecule has 1 aromatic rings. The van der Waals surface area contributed by atoms with Crippen molar-refractivity contribution in [2.45, 2.75) is 19.0 Å². The number of halogens is 1. The Bertz CT molecular complexity index is 661. The van der Waals surface area contributed by atoms with Crippen LogP contribution in [0.1, 0.15) is 12.0 Å². The molecule has 0 saturated carbocycles. The Labute approximate surface area is 204 Å². The highest BCUT2D eigenvalue weighted by atomic mass is 127. The summed E-state index contributed by atoms with van der Waals surface area (Å²) in [6.07, 6.45) is 1.23. The maximum absolute atomic E-state index is 5.50. The third-order valence-corrected chi connectivity index (χ3v) is 6.66. The van der Waals surface area contributed by atoms with Crippen LogP contribution in [0.3, 0.4) is 0 Å². The van der Waals surface area contributed by atoms with Crippen molar-refractivity contribution in [1.29, 1.82) is 0 Å². The minimum absolute atomic E-state index is 0. The summed E-state index contributed by atoms with van der Waals surface area (Å²) in [7, 11) is 1.91. The summed E-state index contributed by atoms with van der Waals surface area (Å²) in [5.41, 5.74) is 1.41. The maximum atomic E-state index is 5.50. The molecular weight excluding hydrogens is 503 g/mol. The quantitative estimate of drug-likeness (QED) is 0.334. The number of nitrogens with zero attached hydrogens (tertiary/aromatic N) is 5. The van der Waals surface area contributed by atoms with Gasteiger partial charge in [0, 0.05) is 85.1 Å². The lowest BCUT2D eigenvalue weighted by Gasteiger charge is -2.35. The van der Waals surface area contributed by atoms with Gasteiger partial charge in [0.1, 0.15) is 0 Å². The molecule has 3 fully saturated rings. The van der Waals surface area contributed by atoms with E-state index in [0.29, 0.717) is 6.04 Å². The monoisotopic (exact) mass is 542 g/mol. The maximum Gasteiger partial charge on any atom is 0.193 e. The van der Waals surface area contributed by atoms with Crippen molar-refractivity contribution in [2.75, 3.05) is 85.7 Å². The highest BCUT2D eigenvalue weighted by molar-refractivity contribution is 14.0. The number of rotatable bonds is 6. The average molecular weight is 543 g/mol. The lowest BCUT2D eigenvalue weighted by molar-refractivity contribution is 0.0195. The van der Waals surface area contributed by atoms with Gasteiger partial charge in [0.2, 0.25) is 0 Å². The molecule has 0 aliphatic carbocycles. The zero-order valence-electron chi connectivity index (χ0n) is 18.9. The molecule has 1 N–H and O–H groups in total. The average Bonchev–Trinajstić information content (AvgIpc) is 3.29. The Morgan fingerprint density at radius 2 is 1.71 bits per heavy atom. The molecule has 0 radical (unpaired) electrons. The summed E-state index contributed by atoms with van der Waals surface area (Å²) < 4.78 is 5.50. The Hall–Kier alpha value is -0.940. The van der Waals surface area contributed by atoms with Crippen molar-refractivity contribution >= 4 is 29.9 Å². The number of hydrogen-bond acceptors (Lipinski definition) is 5. The fraction of sp³-hybridized carbons (Fsp3) is 0.696.